The molecule has 15 heavy (non-hydrogen) atoms. The highest BCUT2D eigenvalue weighted by Crippen LogP contribution is 2.24. The van der Waals surface area contributed by atoms with Gasteiger partial charge in [0.15, 0.2) is 0 Å². The van der Waals surface area contributed by atoms with Gasteiger partial charge >= 0.3 is 0 Å². The molecule has 2 heterocycles. The molecule has 0 bridgehead atoms. The van der Waals surface area contributed by atoms with Crippen LogP contribution in [0.25, 0.3) is 0 Å². The summed E-state index contributed by atoms with van der Waals surface area (Å²) in [7, 11) is 6.29. The average Bonchev–Trinajstić information content (AvgIpc) is 2.73. The first kappa shape index (κ1) is 10.5. The minimum atomic E-state index is 0.649. The van der Waals surface area contributed by atoms with Crippen molar-refractivity contribution in [1.82, 2.24) is 14.7 Å². The quantitative estimate of drug-likeness (QED) is 0.739. The van der Waals surface area contributed by atoms with Gasteiger partial charge in [-0.1, -0.05) is 0 Å². The number of anilines is 1. The van der Waals surface area contributed by atoms with E-state index in [0.717, 1.165) is 13.1 Å². The fourth-order valence-corrected chi connectivity index (χ4v) is 2.40. The largest absolute Gasteiger partial charge is 0.353 e. The Morgan fingerprint density at radius 3 is 2.93 bits per heavy atom. The van der Waals surface area contributed by atoms with Crippen LogP contribution in [0.5, 0.6) is 0 Å². The summed E-state index contributed by atoms with van der Waals surface area (Å²) in [5.41, 5.74) is 0. The van der Waals surface area contributed by atoms with E-state index in [1.54, 1.807) is 0 Å². The van der Waals surface area contributed by atoms with Crippen LogP contribution in [0, 0.1) is 0 Å². The van der Waals surface area contributed by atoms with Gasteiger partial charge in [0, 0.05) is 32.2 Å². The zero-order chi connectivity index (χ0) is 10.8. The van der Waals surface area contributed by atoms with Gasteiger partial charge in [0.05, 0.1) is 6.20 Å². The van der Waals surface area contributed by atoms with Crippen molar-refractivity contribution in [2.24, 2.45) is 7.05 Å². The molecule has 1 atom stereocenters. The molecule has 4 nitrogen and oxygen atoms in total. The van der Waals surface area contributed by atoms with Crippen molar-refractivity contribution < 1.29 is 0 Å². The number of aryl methyl sites for hydroxylation is 1. The highest BCUT2D eigenvalue weighted by molar-refractivity contribution is 5.41. The number of nitrogens with zero attached hydrogens (tertiary/aromatic N) is 4. The van der Waals surface area contributed by atoms with E-state index < -0.39 is 0 Å². The third-order valence-corrected chi connectivity index (χ3v) is 3.04. The number of aromatic nitrogens is 2. The van der Waals surface area contributed by atoms with Gasteiger partial charge in [0.1, 0.15) is 5.82 Å². The molecule has 1 fully saturated rings. The number of rotatable bonds is 3. The summed E-state index contributed by atoms with van der Waals surface area (Å²) in [5, 5.41) is 4.24. The van der Waals surface area contributed by atoms with Gasteiger partial charge in [-0.2, -0.15) is 5.10 Å². The number of likely N-dealkylation sites (N-methyl/N-ethyl adjacent to an activating group) is 1. The van der Waals surface area contributed by atoms with Crippen LogP contribution in [-0.2, 0) is 7.05 Å². The van der Waals surface area contributed by atoms with Crippen molar-refractivity contribution in [3.63, 3.8) is 0 Å². The molecule has 0 spiro atoms. The van der Waals surface area contributed by atoms with Gasteiger partial charge in [0.25, 0.3) is 0 Å². The van der Waals surface area contributed by atoms with E-state index in [1.165, 1.54) is 18.7 Å². The minimum Gasteiger partial charge on any atom is -0.353 e. The molecule has 0 amide bonds. The summed E-state index contributed by atoms with van der Waals surface area (Å²) in [4.78, 5) is 4.74. The normalized spacial score (nSPS) is 21.6. The Labute approximate surface area is 91.5 Å². The summed E-state index contributed by atoms with van der Waals surface area (Å²) in [5.74, 6) is 1.25. The second kappa shape index (κ2) is 4.23. The van der Waals surface area contributed by atoms with Gasteiger partial charge in [-0.25, -0.2) is 0 Å². The highest BCUT2D eigenvalue weighted by Gasteiger charge is 2.26. The Morgan fingerprint density at radius 1 is 1.53 bits per heavy atom. The Balaban J connectivity index is 2.11. The first-order valence-corrected chi connectivity index (χ1v) is 5.58. The monoisotopic (exact) mass is 208 g/mol. The molecule has 0 saturated carbocycles. The van der Waals surface area contributed by atoms with Gasteiger partial charge in [-0.05, 0) is 26.9 Å². The maximum atomic E-state index is 4.24. The highest BCUT2D eigenvalue weighted by atomic mass is 15.4. The lowest BCUT2D eigenvalue weighted by atomic mass is 10.2. The van der Waals surface area contributed by atoms with Crippen LogP contribution in [-0.4, -0.2) is 47.9 Å². The fourth-order valence-electron chi connectivity index (χ4n) is 2.40. The van der Waals surface area contributed by atoms with Crippen LogP contribution in [0.3, 0.4) is 0 Å². The minimum absolute atomic E-state index is 0.649. The van der Waals surface area contributed by atoms with Crippen molar-refractivity contribution >= 4 is 5.82 Å². The van der Waals surface area contributed by atoms with Gasteiger partial charge < -0.3 is 9.80 Å². The Bertz CT molecular complexity index is 318. The van der Waals surface area contributed by atoms with Crippen molar-refractivity contribution in [3.8, 4) is 0 Å². The SMILES string of the molecule is CN(C)CC1CCCN1c1ccnn1C. The van der Waals surface area contributed by atoms with Crippen molar-refractivity contribution in [1.29, 1.82) is 0 Å². The number of hydrogen-bond acceptors (Lipinski definition) is 3. The van der Waals surface area contributed by atoms with E-state index >= 15 is 0 Å². The van der Waals surface area contributed by atoms with E-state index in [-0.39, 0.29) is 0 Å². The summed E-state index contributed by atoms with van der Waals surface area (Å²) in [6.45, 7) is 2.29. The maximum absolute atomic E-state index is 4.24. The topological polar surface area (TPSA) is 24.3 Å². The molecule has 2 rings (SSSR count). The second-order valence-corrected chi connectivity index (χ2v) is 4.56. The fraction of sp³-hybridized carbons (Fsp3) is 0.727. The zero-order valence-corrected chi connectivity index (χ0v) is 9.85. The summed E-state index contributed by atoms with van der Waals surface area (Å²) >= 11 is 0. The van der Waals surface area contributed by atoms with Crippen LogP contribution in [0.4, 0.5) is 5.82 Å². The van der Waals surface area contributed by atoms with Crippen LogP contribution >= 0.6 is 0 Å². The molecule has 0 aliphatic carbocycles. The second-order valence-electron chi connectivity index (χ2n) is 4.56. The molecular formula is C11H20N4. The lowest BCUT2D eigenvalue weighted by molar-refractivity contribution is 0.370. The van der Waals surface area contributed by atoms with Gasteiger partial charge in [-0.15, -0.1) is 0 Å². The van der Waals surface area contributed by atoms with E-state index in [9.17, 15) is 0 Å². The predicted octanol–water partition coefficient (Wildman–Crippen LogP) is 0.950. The van der Waals surface area contributed by atoms with Crippen LogP contribution in [0.15, 0.2) is 12.3 Å². The zero-order valence-electron chi connectivity index (χ0n) is 9.85. The van der Waals surface area contributed by atoms with Crippen LogP contribution in [0.1, 0.15) is 12.8 Å². The Hall–Kier alpha value is -1.03. The molecule has 1 aromatic rings. The summed E-state index contributed by atoms with van der Waals surface area (Å²) in [6, 6.07) is 2.75. The molecule has 0 radical (unpaired) electrons. The third-order valence-electron chi connectivity index (χ3n) is 3.04. The predicted molar refractivity (Wildman–Crippen MR) is 62.1 cm³/mol. The molecule has 1 aliphatic heterocycles. The van der Waals surface area contributed by atoms with Gasteiger partial charge in [-0.3, -0.25) is 4.68 Å². The Kier molecular flexibility index (Phi) is 2.95. The van der Waals surface area contributed by atoms with E-state index in [0.29, 0.717) is 6.04 Å². The first-order chi connectivity index (χ1) is 7.18. The Morgan fingerprint density at radius 2 is 2.33 bits per heavy atom. The van der Waals surface area contributed by atoms with E-state index in [4.69, 9.17) is 0 Å². The molecule has 0 aromatic carbocycles. The standard InChI is InChI=1S/C11H20N4/c1-13(2)9-10-5-4-8-15(10)11-6-7-12-14(11)3/h6-7,10H,4-5,8-9H2,1-3H3. The lowest BCUT2D eigenvalue weighted by Crippen LogP contribution is -2.38. The maximum Gasteiger partial charge on any atom is 0.126 e. The molecular weight excluding hydrogens is 188 g/mol. The smallest absolute Gasteiger partial charge is 0.126 e. The van der Waals surface area contributed by atoms with E-state index in [2.05, 4.69) is 35.1 Å². The average molecular weight is 208 g/mol. The molecule has 1 aromatic heterocycles. The van der Waals surface area contributed by atoms with Crippen molar-refractivity contribution in [3.05, 3.63) is 12.3 Å². The molecule has 1 saturated heterocycles. The molecule has 4 heteroatoms. The van der Waals surface area contributed by atoms with E-state index in [1.807, 2.05) is 17.9 Å². The van der Waals surface area contributed by atoms with Crippen LogP contribution < -0.4 is 4.90 Å². The lowest BCUT2D eigenvalue weighted by Gasteiger charge is -2.28. The molecule has 1 unspecified atom stereocenters. The van der Waals surface area contributed by atoms with Crippen molar-refractivity contribution in [2.75, 3.05) is 32.1 Å². The third kappa shape index (κ3) is 2.15. The molecule has 0 N–H and O–H groups in total. The number of hydrogen-bond donors (Lipinski definition) is 0. The van der Waals surface area contributed by atoms with Crippen molar-refractivity contribution in [2.45, 2.75) is 18.9 Å². The summed E-state index contributed by atoms with van der Waals surface area (Å²) < 4.78 is 1.97. The molecule has 1 aliphatic rings. The molecule has 84 valence electrons. The van der Waals surface area contributed by atoms with Crippen LogP contribution in [0.2, 0.25) is 0 Å². The van der Waals surface area contributed by atoms with Gasteiger partial charge in [0.2, 0.25) is 0 Å². The first-order valence-electron chi connectivity index (χ1n) is 5.58. The summed E-state index contributed by atoms with van der Waals surface area (Å²) in [6.07, 6.45) is 4.47.